The fraction of sp³-hybridized carbons (Fsp3) is 1.00. The van der Waals surface area contributed by atoms with Gasteiger partial charge in [-0.05, 0) is 19.8 Å². The van der Waals surface area contributed by atoms with Gasteiger partial charge in [-0.15, -0.1) is 0 Å². The lowest BCUT2D eigenvalue weighted by Crippen LogP contribution is -2.60. The lowest BCUT2D eigenvalue weighted by atomic mass is 9.85. The molecule has 2 unspecified atom stereocenters. The van der Waals surface area contributed by atoms with Crippen LogP contribution in [0.4, 0.5) is 0 Å². The van der Waals surface area contributed by atoms with Gasteiger partial charge in [0.25, 0.3) is 0 Å². The highest BCUT2D eigenvalue weighted by Crippen LogP contribution is 2.31. The summed E-state index contributed by atoms with van der Waals surface area (Å²) >= 11 is 0. The van der Waals surface area contributed by atoms with Gasteiger partial charge < -0.3 is 19.5 Å². The molecule has 2 atom stereocenters. The highest BCUT2D eigenvalue weighted by atomic mass is 16.5. The molecule has 2 heterocycles. The van der Waals surface area contributed by atoms with Gasteiger partial charge in [-0.2, -0.15) is 0 Å². The van der Waals surface area contributed by atoms with Crippen molar-refractivity contribution in [1.29, 1.82) is 0 Å². The highest BCUT2D eigenvalue weighted by molar-refractivity contribution is 4.96. The van der Waals surface area contributed by atoms with E-state index in [1.807, 2.05) is 6.92 Å². The molecule has 1 spiro atoms. The van der Waals surface area contributed by atoms with E-state index in [9.17, 15) is 0 Å². The number of nitrogens with one attached hydrogen (secondary N) is 1. The van der Waals surface area contributed by atoms with Crippen LogP contribution in [0.1, 0.15) is 26.2 Å². The van der Waals surface area contributed by atoms with Crippen LogP contribution in [0.15, 0.2) is 0 Å². The fourth-order valence-corrected chi connectivity index (χ4v) is 2.66. The van der Waals surface area contributed by atoms with Crippen LogP contribution in [-0.4, -0.2) is 51.2 Å². The standard InChI is InChI=1S/C12H23NO3/c1-2-14-10-11-12(16-9-6-13-11)4-3-7-15-8-5-12/h11,13H,2-10H2,1H3. The Bertz CT molecular complexity index is 202. The van der Waals surface area contributed by atoms with Gasteiger partial charge in [0.1, 0.15) is 0 Å². The third kappa shape index (κ3) is 2.74. The summed E-state index contributed by atoms with van der Waals surface area (Å²) in [5.74, 6) is 0. The number of hydrogen-bond acceptors (Lipinski definition) is 4. The minimum Gasteiger partial charge on any atom is -0.381 e. The summed E-state index contributed by atoms with van der Waals surface area (Å²) in [5.41, 5.74) is -0.0517. The molecule has 2 aliphatic heterocycles. The molecule has 0 aromatic carbocycles. The van der Waals surface area contributed by atoms with Crippen molar-refractivity contribution in [2.24, 2.45) is 0 Å². The topological polar surface area (TPSA) is 39.7 Å². The van der Waals surface area contributed by atoms with Crippen LogP contribution < -0.4 is 5.32 Å². The molecule has 2 fully saturated rings. The minimum absolute atomic E-state index is 0.0517. The maximum Gasteiger partial charge on any atom is 0.0880 e. The van der Waals surface area contributed by atoms with Gasteiger partial charge in [0, 0.05) is 32.8 Å². The van der Waals surface area contributed by atoms with Crippen molar-refractivity contribution < 1.29 is 14.2 Å². The van der Waals surface area contributed by atoms with Gasteiger partial charge in [0.05, 0.1) is 24.9 Å². The van der Waals surface area contributed by atoms with E-state index in [0.29, 0.717) is 6.04 Å². The van der Waals surface area contributed by atoms with E-state index in [4.69, 9.17) is 14.2 Å². The summed E-state index contributed by atoms with van der Waals surface area (Å²) in [5, 5.41) is 3.54. The van der Waals surface area contributed by atoms with Gasteiger partial charge in [0.15, 0.2) is 0 Å². The molecular weight excluding hydrogens is 206 g/mol. The quantitative estimate of drug-likeness (QED) is 0.782. The van der Waals surface area contributed by atoms with Gasteiger partial charge in [-0.1, -0.05) is 0 Å². The Morgan fingerprint density at radius 3 is 3.12 bits per heavy atom. The first kappa shape index (κ1) is 12.3. The zero-order valence-electron chi connectivity index (χ0n) is 10.2. The molecule has 0 radical (unpaired) electrons. The zero-order valence-corrected chi connectivity index (χ0v) is 10.2. The molecule has 0 bridgehead atoms. The lowest BCUT2D eigenvalue weighted by molar-refractivity contribution is -0.122. The second-order valence-corrected chi connectivity index (χ2v) is 4.55. The van der Waals surface area contributed by atoms with Gasteiger partial charge in [-0.25, -0.2) is 0 Å². The van der Waals surface area contributed by atoms with Crippen LogP contribution in [0.2, 0.25) is 0 Å². The molecule has 0 amide bonds. The molecule has 1 N–H and O–H groups in total. The average Bonchev–Trinajstić information content (AvgIpc) is 2.55. The molecule has 2 aliphatic rings. The Morgan fingerprint density at radius 1 is 1.31 bits per heavy atom. The maximum absolute atomic E-state index is 6.07. The number of morpholine rings is 1. The number of rotatable bonds is 3. The van der Waals surface area contributed by atoms with E-state index in [1.165, 1.54) is 0 Å². The normalized spacial score (nSPS) is 36.2. The van der Waals surface area contributed by atoms with Crippen molar-refractivity contribution in [2.45, 2.75) is 37.8 Å². The SMILES string of the molecule is CCOCC1NCCOC12CCCOCC2. The van der Waals surface area contributed by atoms with Gasteiger partial charge in [-0.3, -0.25) is 0 Å². The first-order valence-corrected chi connectivity index (χ1v) is 6.40. The molecule has 0 aliphatic carbocycles. The molecular formula is C12H23NO3. The van der Waals surface area contributed by atoms with Crippen molar-refractivity contribution >= 4 is 0 Å². The summed E-state index contributed by atoms with van der Waals surface area (Å²) in [7, 11) is 0. The minimum atomic E-state index is -0.0517. The zero-order chi connectivity index (χ0) is 11.3. The van der Waals surface area contributed by atoms with Crippen molar-refractivity contribution in [1.82, 2.24) is 5.32 Å². The van der Waals surface area contributed by atoms with Gasteiger partial charge >= 0.3 is 0 Å². The van der Waals surface area contributed by atoms with E-state index in [1.54, 1.807) is 0 Å². The van der Waals surface area contributed by atoms with E-state index >= 15 is 0 Å². The number of ether oxygens (including phenoxy) is 3. The number of hydrogen-bond donors (Lipinski definition) is 1. The summed E-state index contributed by atoms with van der Waals surface area (Å²) in [6.07, 6.45) is 3.15. The van der Waals surface area contributed by atoms with Crippen LogP contribution >= 0.6 is 0 Å². The largest absolute Gasteiger partial charge is 0.381 e. The highest BCUT2D eigenvalue weighted by Gasteiger charge is 2.42. The van der Waals surface area contributed by atoms with E-state index in [0.717, 1.165) is 58.8 Å². The van der Waals surface area contributed by atoms with Crippen molar-refractivity contribution in [2.75, 3.05) is 39.6 Å². The molecule has 0 aromatic rings. The van der Waals surface area contributed by atoms with E-state index in [-0.39, 0.29) is 5.60 Å². The smallest absolute Gasteiger partial charge is 0.0880 e. The van der Waals surface area contributed by atoms with E-state index < -0.39 is 0 Å². The maximum atomic E-state index is 6.07. The molecule has 94 valence electrons. The first-order valence-electron chi connectivity index (χ1n) is 6.40. The molecule has 4 nitrogen and oxygen atoms in total. The van der Waals surface area contributed by atoms with Crippen LogP contribution in [0.25, 0.3) is 0 Å². The molecule has 16 heavy (non-hydrogen) atoms. The Balaban J connectivity index is 2.00. The summed E-state index contributed by atoms with van der Waals surface area (Å²) < 4.78 is 17.2. The second-order valence-electron chi connectivity index (χ2n) is 4.55. The van der Waals surface area contributed by atoms with Crippen LogP contribution in [0, 0.1) is 0 Å². The Kier molecular flexibility index (Phi) is 4.58. The summed E-state index contributed by atoms with van der Waals surface area (Å²) in [6.45, 7) is 6.97. The summed E-state index contributed by atoms with van der Waals surface area (Å²) in [6, 6.07) is 0.322. The van der Waals surface area contributed by atoms with Crippen LogP contribution in [0.5, 0.6) is 0 Å². The van der Waals surface area contributed by atoms with E-state index in [2.05, 4.69) is 5.32 Å². The third-order valence-electron chi connectivity index (χ3n) is 3.56. The molecule has 4 heteroatoms. The Hall–Kier alpha value is -0.160. The van der Waals surface area contributed by atoms with Crippen LogP contribution in [-0.2, 0) is 14.2 Å². The predicted molar refractivity (Wildman–Crippen MR) is 61.6 cm³/mol. The monoisotopic (exact) mass is 229 g/mol. The van der Waals surface area contributed by atoms with Crippen molar-refractivity contribution in [3.63, 3.8) is 0 Å². The van der Waals surface area contributed by atoms with Crippen LogP contribution in [0.3, 0.4) is 0 Å². The second kappa shape index (κ2) is 5.96. The molecule has 0 aromatic heterocycles. The summed E-state index contributed by atoms with van der Waals surface area (Å²) in [4.78, 5) is 0. The molecule has 0 saturated carbocycles. The fourth-order valence-electron chi connectivity index (χ4n) is 2.66. The molecule has 2 rings (SSSR count). The van der Waals surface area contributed by atoms with Crippen molar-refractivity contribution in [3.8, 4) is 0 Å². The predicted octanol–water partition coefficient (Wildman–Crippen LogP) is 0.951. The molecule has 2 saturated heterocycles. The average molecular weight is 229 g/mol. The Morgan fingerprint density at radius 2 is 2.25 bits per heavy atom. The Labute approximate surface area is 97.6 Å². The first-order chi connectivity index (χ1) is 7.87. The third-order valence-corrected chi connectivity index (χ3v) is 3.56. The van der Waals surface area contributed by atoms with Gasteiger partial charge in [0.2, 0.25) is 0 Å². The lowest BCUT2D eigenvalue weighted by Gasteiger charge is -2.43. The van der Waals surface area contributed by atoms with Crippen molar-refractivity contribution in [3.05, 3.63) is 0 Å².